The van der Waals surface area contributed by atoms with Gasteiger partial charge < -0.3 is 10.4 Å². The highest BCUT2D eigenvalue weighted by atomic mass is 16.3. The first-order chi connectivity index (χ1) is 6.69. The van der Waals surface area contributed by atoms with Crippen LogP contribution in [0.5, 0.6) is 0 Å². The first-order valence-corrected chi connectivity index (χ1v) is 6.06. The molecule has 0 radical (unpaired) electrons. The Morgan fingerprint density at radius 3 is 2.14 bits per heavy atom. The normalized spacial score (nSPS) is 17.8. The largest absolute Gasteiger partial charge is 0.395 e. The lowest BCUT2D eigenvalue weighted by atomic mass is 9.94. The standard InChI is InChI=1S/C12H27NO/c1-5-8-10(4)12(7-3)13-11(6-2)9-14/h10-14H,5-9H2,1-4H3/t10?,11-,12?/m1/s1. The van der Waals surface area contributed by atoms with E-state index in [1.807, 2.05) is 0 Å². The minimum Gasteiger partial charge on any atom is -0.395 e. The van der Waals surface area contributed by atoms with Gasteiger partial charge in [-0.05, 0) is 25.2 Å². The highest BCUT2D eigenvalue weighted by Crippen LogP contribution is 2.14. The fourth-order valence-electron chi connectivity index (χ4n) is 1.94. The van der Waals surface area contributed by atoms with Crippen LogP contribution in [0.4, 0.5) is 0 Å². The van der Waals surface area contributed by atoms with Gasteiger partial charge in [0.2, 0.25) is 0 Å². The molecular weight excluding hydrogens is 174 g/mol. The molecular formula is C12H27NO. The number of rotatable bonds is 8. The molecule has 14 heavy (non-hydrogen) atoms. The Kier molecular flexibility index (Phi) is 8.20. The van der Waals surface area contributed by atoms with E-state index in [1.165, 1.54) is 12.8 Å². The molecule has 0 aromatic rings. The Hall–Kier alpha value is -0.0800. The van der Waals surface area contributed by atoms with E-state index in [4.69, 9.17) is 5.11 Å². The summed E-state index contributed by atoms with van der Waals surface area (Å²) in [5.41, 5.74) is 0. The first kappa shape index (κ1) is 13.9. The summed E-state index contributed by atoms with van der Waals surface area (Å²) >= 11 is 0. The van der Waals surface area contributed by atoms with Crippen molar-refractivity contribution < 1.29 is 5.11 Å². The molecule has 0 saturated carbocycles. The van der Waals surface area contributed by atoms with Gasteiger partial charge in [0.1, 0.15) is 0 Å². The summed E-state index contributed by atoms with van der Waals surface area (Å²) in [6.45, 7) is 9.12. The maximum Gasteiger partial charge on any atom is 0.0584 e. The third-order valence-electron chi connectivity index (χ3n) is 3.03. The highest BCUT2D eigenvalue weighted by Gasteiger charge is 2.17. The van der Waals surface area contributed by atoms with Crippen LogP contribution in [-0.4, -0.2) is 23.8 Å². The molecule has 86 valence electrons. The molecule has 0 aliphatic rings. The molecule has 0 amide bonds. The minimum absolute atomic E-state index is 0.256. The van der Waals surface area contributed by atoms with Gasteiger partial charge in [-0.1, -0.05) is 34.1 Å². The van der Waals surface area contributed by atoms with Crippen molar-refractivity contribution in [1.29, 1.82) is 0 Å². The second kappa shape index (κ2) is 8.25. The lowest BCUT2D eigenvalue weighted by Gasteiger charge is -2.27. The van der Waals surface area contributed by atoms with Crippen molar-refractivity contribution in [2.45, 2.75) is 65.5 Å². The molecule has 0 saturated heterocycles. The molecule has 3 atom stereocenters. The fraction of sp³-hybridized carbons (Fsp3) is 1.00. The third-order valence-corrected chi connectivity index (χ3v) is 3.03. The number of hydrogen-bond acceptors (Lipinski definition) is 2. The summed E-state index contributed by atoms with van der Waals surface area (Å²) < 4.78 is 0. The second-order valence-corrected chi connectivity index (χ2v) is 4.24. The van der Waals surface area contributed by atoms with Crippen LogP contribution < -0.4 is 5.32 Å². The number of hydrogen-bond donors (Lipinski definition) is 2. The Balaban J connectivity index is 3.98. The third kappa shape index (κ3) is 4.97. The van der Waals surface area contributed by atoms with Gasteiger partial charge in [-0.25, -0.2) is 0 Å². The fourth-order valence-corrected chi connectivity index (χ4v) is 1.94. The molecule has 0 fully saturated rings. The van der Waals surface area contributed by atoms with Crippen molar-refractivity contribution in [1.82, 2.24) is 5.32 Å². The van der Waals surface area contributed by atoms with E-state index >= 15 is 0 Å². The average molecular weight is 201 g/mol. The van der Waals surface area contributed by atoms with Gasteiger partial charge in [0, 0.05) is 12.1 Å². The van der Waals surface area contributed by atoms with E-state index in [-0.39, 0.29) is 12.6 Å². The van der Waals surface area contributed by atoms with Crippen LogP contribution in [0.25, 0.3) is 0 Å². The summed E-state index contributed by atoms with van der Waals surface area (Å²) in [4.78, 5) is 0. The van der Waals surface area contributed by atoms with Crippen LogP contribution in [0.15, 0.2) is 0 Å². The zero-order chi connectivity index (χ0) is 11.0. The van der Waals surface area contributed by atoms with E-state index < -0.39 is 0 Å². The van der Waals surface area contributed by atoms with E-state index in [0.717, 1.165) is 12.8 Å². The Morgan fingerprint density at radius 2 is 1.79 bits per heavy atom. The monoisotopic (exact) mass is 201 g/mol. The maximum atomic E-state index is 9.12. The number of aliphatic hydroxyl groups is 1. The zero-order valence-electron chi connectivity index (χ0n) is 10.2. The van der Waals surface area contributed by atoms with Crippen molar-refractivity contribution in [3.8, 4) is 0 Å². The van der Waals surface area contributed by atoms with E-state index in [2.05, 4.69) is 33.0 Å². The zero-order valence-corrected chi connectivity index (χ0v) is 10.2. The van der Waals surface area contributed by atoms with E-state index in [9.17, 15) is 0 Å². The molecule has 0 aliphatic carbocycles. The van der Waals surface area contributed by atoms with Gasteiger partial charge in [0.15, 0.2) is 0 Å². The van der Waals surface area contributed by atoms with Crippen LogP contribution in [-0.2, 0) is 0 Å². The summed E-state index contributed by atoms with van der Waals surface area (Å²) in [6, 6.07) is 0.839. The number of aliphatic hydroxyl groups excluding tert-OH is 1. The van der Waals surface area contributed by atoms with Crippen molar-refractivity contribution in [3.05, 3.63) is 0 Å². The van der Waals surface area contributed by atoms with Gasteiger partial charge in [-0.3, -0.25) is 0 Å². The molecule has 0 aromatic carbocycles. The van der Waals surface area contributed by atoms with Crippen LogP contribution in [0.1, 0.15) is 53.4 Å². The van der Waals surface area contributed by atoms with Crippen LogP contribution in [0, 0.1) is 5.92 Å². The predicted molar refractivity (Wildman–Crippen MR) is 62.5 cm³/mol. The lowest BCUT2D eigenvalue weighted by molar-refractivity contribution is 0.208. The predicted octanol–water partition coefficient (Wildman–Crippen LogP) is 2.56. The molecule has 0 spiro atoms. The molecule has 0 bridgehead atoms. The van der Waals surface area contributed by atoms with Crippen molar-refractivity contribution in [3.63, 3.8) is 0 Å². The quantitative estimate of drug-likeness (QED) is 0.632. The highest BCUT2D eigenvalue weighted by molar-refractivity contribution is 4.76. The van der Waals surface area contributed by atoms with Gasteiger partial charge in [0.05, 0.1) is 6.61 Å². The first-order valence-electron chi connectivity index (χ1n) is 6.06. The molecule has 2 heteroatoms. The molecule has 0 aromatic heterocycles. The number of nitrogens with one attached hydrogen (secondary N) is 1. The van der Waals surface area contributed by atoms with Gasteiger partial charge >= 0.3 is 0 Å². The summed E-state index contributed by atoms with van der Waals surface area (Å²) in [6.07, 6.45) is 4.67. The smallest absolute Gasteiger partial charge is 0.0584 e. The topological polar surface area (TPSA) is 32.3 Å². The van der Waals surface area contributed by atoms with Crippen molar-refractivity contribution >= 4 is 0 Å². The van der Waals surface area contributed by atoms with Crippen LogP contribution in [0.2, 0.25) is 0 Å². The second-order valence-electron chi connectivity index (χ2n) is 4.24. The Morgan fingerprint density at radius 1 is 1.14 bits per heavy atom. The van der Waals surface area contributed by atoms with Gasteiger partial charge in [0.25, 0.3) is 0 Å². The summed E-state index contributed by atoms with van der Waals surface area (Å²) in [5.74, 6) is 0.714. The summed E-state index contributed by atoms with van der Waals surface area (Å²) in [5, 5.41) is 12.7. The Labute approximate surface area is 89.1 Å². The van der Waals surface area contributed by atoms with E-state index in [0.29, 0.717) is 12.0 Å². The molecule has 2 N–H and O–H groups in total. The minimum atomic E-state index is 0.256. The van der Waals surface area contributed by atoms with Gasteiger partial charge in [-0.15, -0.1) is 0 Å². The average Bonchev–Trinajstić information content (AvgIpc) is 2.20. The SMILES string of the molecule is CCCC(C)C(CC)N[C@H](CC)CO. The van der Waals surface area contributed by atoms with Crippen molar-refractivity contribution in [2.75, 3.05) is 6.61 Å². The van der Waals surface area contributed by atoms with Crippen molar-refractivity contribution in [2.24, 2.45) is 5.92 Å². The molecule has 2 unspecified atom stereocenters. The molecule has 2 nitrogen and oxygen atoms in total. The Bertz CT molecular complexity index is 123. The van der Waals surface area contributed by atoms with Crippen LogP contribution >= 0.6 is 0 Å². The van der Waals surface area contributed by atoms with Crippen LogP contribution in [0.3, 0.4) is 0 Å². The molecule has 0 rings (SSSR count). The van der Waals surface area contributed by atoms with E-state index in [1.54, 1.807) is 0 Å². The molecule has 0 heterocycles. The van der Waals surface area contributed by atoms with Gasteiger partial charge in [-0.2, -0.15) is 0 Å². The lowest BCUT2D eigenvalue weighted by Crippen LogP contribution is -2.43. The summed E-state index contributed by atoms with van der Waals surface area (Å²) in [7, 11) is 0. The molecule has 0 aliphatic heterocycles. The maximum absolute atomic E-state index is 9.12.